The summed E-state index contributed by atoms with van der Waals surface area (Å²) in [6, 6.07) is 4.12. The summed E-state index contributed by atoms with van der Waals surface area (Å²) in [5, 5.41) is 0.830. The summed E-state index contributed by atoms with van der Waals surface area (Å²) in [7, 11) is 0. The predicted octanol–water partition coefficient (Wildman–Crippen LogP) is 4.27. The van der Waals surface area contributed by atoms with Gasteiger partial charge in [0.15, 0.2) is 0 Å². The lowest BCUT2D eigenvalue weighted by Gasteiger charge is -2.15. The van der Waals surface area contributed by atoms with Crippen LogP contribution in [-0.2, 0) is 10.1 Å². The quantitative estimate of drug-likeness (QED) is 0.687. The Morgan fingerprint density at radius 1 is 1.31 bits per heavy atom. The average molecular weight is 415 g/mol. The number of ether oxygens (including phenoxy) is 2. The summed E-state index contributed by atoms with van der Waals surface area (Å²) in [4.78, 5) is 0. The van der Waals surface area contributed by atoms with Crippen LogP contribution in [-0.4, -0.2) is 19.3 Å². The second-order valence-electron chi connectivity index (χ2n) is 3.63. The third-order valence-electron chi connectivity index (χ3n) is 2.38. The lowest BCUT2D eigenvalue weighted by molar-refractivity contribution is 0.140. The summed E-state index contributed by atoms with van der Waals surface area (Å²) in [6.45, 7) is 1.47. The van der Waals surface area contributed by atoms with Crippen LogP contribution in [0.25, 0.3) is 0 Å². The first kappa shape index (κ1) is 12.9. The van der Waals surface area contributed by atoms with E-state index < -0.39 is 0 Å². The van der Waals surface area contributed by atoms with E-state index in [4.69, 9.17) is 9.47 Å². The van der Waals surface area contributed by atoms with Crippen molar-refractivity contribution in [2.75, 3.05) is 13.2 Å². The molecule has 1 aromatic carbocycles. The molecule has 1 fully saturated rings. The van der Waals surface area contributed by atoms with E-state index in [0.29, 0.717) is 6.61 Å². The fraction of sp³-hybridized carbons (Fsp3) is 0.455. The highest BCUT2D eigenvalue weighted by atomic mass is 79.9. The molecule has 1 aliphatic heterocycles. The van der Waals surface area contributed by atoms with Gasteiger partial charge in [0.05, 0.1) is 22.2 Å². The first-order valence-electron chi connectivity index (χ1n) is 4.99. The molecule has 16 heavy (non-hydrogen) atoms. The summed E-state index contributed by atoms with van der Waals surface area (Å²) < 4.78 is 13.1. The third-order valence-corrected chi connectivity index (χ3v) is 4.21. The lowest BCUT2D eigenvalue weighted by Crippen LogP contribution is -2.16. The SMILES string of the molecule is BrCc1cc(Br)c(OC2CCOC2)c(Br)c1. The monoisotopic (exact) mass is 412 g/mol. The van der Waals surface area contributed by atoms with E-state index in [-0.39, 0.29) is 6.10 Å². The maximum atomic E-state index is 5.90. The molecule has 1 aromatic rings. The van der Waals surface area contributed by atoms with E-state index in [9.17, 15) is 0 Å². The van der Waals surface area contributed by atoms with Gasteiger partial charge in [0, 0.05) is 11.8 Å². The average Bonchev–Trinajstić information content (AvgIpc) is 2.75. The minimum absolute atomic E-state index is 0.169. The topological polar surface area (TPSA) is 18.5 Å². The number of halogens is 3. The van der Waals surface area contributed by atoms with Crippen LogP contribution in [0.3, 0.4) is 0 Å². The van der Waals surface area contributed by atoms with Gasteiger partial charge in [-0.25, -0.2) is 0 Å². The van der Waals surface area contributed by atoms with Gasteiger partial charge in [-0.15, -0.1) is 0 Å². The van der Waals surface area contributed by atoms with Crippen molar-refractivity contribution in [3.63, 3.8) is 0 Å². The molecule has 0 bridgehead atoms. The Morgan fingerprint density at radius 2 is 2.00 bits per heavy atom. The van der Waals surface area contributed by atoms with Gasteiger partial charge in [0.1, 0.15) is 11.9 Å². The van der Waals surface area contributed by atoms with E-state index in [1.165, 1.54) is 5.56 Å². The zero-order chi connectivity index (χ0) is 11.5. The van der Waals surface area contributed by atoms with Crippen LogP contribution in [0.2, 0.25) is 0 Å². The van der Waals surface area contributed by atoms with Crippen LogP contribution in [0.15, 0.2) is 21.1 Å². The van der Waals surface area contributed by atoms with Gasteiger partial charge in [-0.05, 0) is 49.6 Å². The van der Waals surface area contributed by atoms with E-state index in [1.54, 1.807) is 0 Å². The van der Waals surface area contributed by atoms with E-state index in [1.807, 2.05) is 0 Å². The van der Waals surface area contributed by atoms with Crippen LogP contribution in [0.1, 0.15) is 12.0 Å². The molecular formula is C11H11Br3O2. The second kappa shape index (κ2) is 5.85. The second-order valence-corrected chi connectivity index (χ2v) is 5.90. The molecule has 1 atom stereocenters. The van der Waals surface area contributed by atoms with Crippen LogP contribution >= 0.6 is 47.8 Å². The number of hydrogen-bond acceptors (Lipinski definition) is 2. The van der Waals surface area contributed by atoms with Gasteiger partial charge in [-0.2, -0.15) is 0 Å². The first-order chi connectivity index (χ1) is 7.70. The summed E-state index contributed by atoms with van der Waals surface area (Å²) >= 11 is 10.5. The smallest absolute Gasteiger partial charge is 0.148 e. The van der Waals surface area contributed by atoms with Crippen molar-refractivity contribution >= 4 is 47.8 Å². The molecule has 5 heteroatoms. The van der Waals surface area contributed by atoms with Crippen molar-refractivity contribution in [3.8, 4) is 5.75 Å². The van der Waals surface area contributed by atoms with Gasteiger partial charge in [-0.1, -0.05) is 15.9 Å². The standard InChI is InChI=1S/C11H11Br3O2/c12-5-7-3-9(13)11(10(14)4-7)16-8-1-2-15-6-8/h3-4,8H,1-2,5-6H2. The largest absolute Gasteiger partial charge is 0.486 e. The normalized spacial score (nSPS) is 20.1. The molecule has 0 amide bonds. The van der Waals surface area contributed by atoms with Gasteiger partial charge in [0.2, 0.25) is 0 Å². The number of hydrogen-bond donors (Lipinski definition) is 0. The van der Waals surface area contributed by atoms with Gasteiger partial charge >= 0.3 is 0 Å². The molecule has 1 unspecified atom stereocenters. The van der Waals surface area contributed by atoms with Crippen LogP contribution in [0.4, 0.5) is 0 Å². The Morgan fingerprint density at radius 3 is 2.50 bits per heavy atom. The Kier molecular flexibility index (Phi) is 4.70. The molecule has 0 radical (unpaired) electrons. The Labute approximate surface area is 120 Å². The summed E-state index contributed by atoms with van der Waals surface area (Å²) in [5.41, 5.74) is 1.20. The molecule has 1 saturated heterocycles. The van der Waals surface area contributed by atoms with Gasteiger partial charge in [-0.3, -0.25) is 0 Å². The van der Waals surface area contributed by atoms with Crippen molar-refractivity contribution in [3.05, 3.63) is 26.6 Å². The van der Waals surface area contributed by atoms with Crippen molar-refractivity contribution in [2.24, 2.45) is 0 Å². The third kappa shape index (κ3) is 3.00. The molecule has 1 aliphatic rings. The Bertz CT molecular complexity index is 352. The minimum Gasteiger partial charge on any atom is -0.486 e. The highest BCUT2D eigenvalue weighted by molar-refractivity contribution is 9.11. The minimum atomic E-state index is 0.169. The number of benzene rings is 1. The van der Waals surface area contributed by atoms with E-state index in [2.05, 4.69) is 59.9 Å². The number of alkyl halides is 1. The fourth-order valence-corrected chi connectivity index (χ4v) is 3.37. The molecule has 2 nitrogen and oxygen atoms in total. The van der Waals surface area contributed by atoms with Crippen LogP contribution in [0.5, 0.6) is 5.75 Å². The van der Waals surface area contributed by atoms with Crippen molar-refractivity contribution < 1.29 is 9.47 Å². The Hall–Kier alpha value is 0.420. The van der Waals surface area contributed by atoms with Crippen molar-refractivity contribution in [2.45, 2.75) is 17.9 Å². The zero-order valence-corrected chi connectivity index (χ0v) is 13.3. The van der Waals surface area contributed by atoms with Crippen molar-refractivity contribution in [1.82, 2.24) is 0 Å². The highest BCUT2D eigenvalue weighted by Crippen LogP contribution is 2.36. The highest BCUT2D eigenvalue weighted by Gasteiger charge is 2.20. The lowest BCUT2D eigenvalue weighted by atomic mass is 10.2. The molecule has 0 spiro atoms. The van der Waals surface area contributed by atoms with Gasteiger partial charge in [0.25, 0.3) is 0 Å². The molecule has 2 rings (SSSR count). The molecule has 88 valence electrons. The molecule has 0 aliphatic carbocycles. The fourth-order valence-electron chi connectivity index (χ4n) is 1.57. The summed E-state index contributed by atoms with van der Waals surface area (Å²) in [6.07, 6.45) is 1.13. The van der Waals surface area contributed by atoms with Crippen LogP contribution in [0, 0.1) is 0 Å². The molecule has 0 aromatic heterocycles. The molecular weight excluding hydrogens is 404 g/mol. The zero-order valence-electron chi connectivity index (χ0n) is 8.51. The van der Waals surface area contributed by atoms with Gasteiger partial charge < -0.3 is 9.47 Å². The van der Waals surface area contributed by atoms with Crippen molar-refractivity contribution in [1.29, 1.82) is 0 Å². The molecule has 0 saturated carbocycles. The maximum Gasteiger partial charge on any atom is 0.148 e. The predicted molar refractivity (Wildman–Crippen MR) is 74.3 cm³/mol. The molecule has 0 N–H and O–H groups in total. The van der Waals surface area contributed by atoms with Crippen LogP contribution < -0.4 is 4.74 Å². The maximum absolute atomic E-state index is 5.90. The first-order valence-corrected chi connectivity index (χ1v) is 7.69. The van der Waals surface area contributed by atoms with E-state index in [0.717, 1.165) is 33.1 Å². The molecule has 1 heterocycles. The van der Waals surface area contributed by atoms with E-state index >= 15 is 0 Å². The number of rotatable bonds is 3. The Balaban J connectivity index is 2.19. The summed E-state index contributed by atoms with van der Waals surface area (Å²) in [5.74, 6) is 0.861.